The summed E-state index contributed by atoms with van der Waals surface area (Å²) in [5.41, 5.74) is 3.42. The molecule has 7 nitrogen and oxygen atoms in total. The fourth-order valence-corrected chi connectivity index (χ4v) is 6.16. The summed E-state index contributed by atoms with van der Waals surface area (Å²) in [5, 5.41) is 4.76. The fourth-order valence-electron chi connectivity index (χ4n) is 5.34. The van der Waals surface area contributed by atoms with E-state index >= 15 is 0 Å². The van der Waals surface area contributed by atoms with Crippen molar-refractivity contribution in [2.45, 2.75) is 44.5 Å². The first-order valence-corrected chi connectivity index (χ1v) is 16.7. The van der Waals surface area contributed by atoms with Gasteiger partial charge in [0.15, 0.2) is 0 Å². The highest BCUT2D eigenvalue weighted by atomic mass is 35.5. The molecule has 6 rings (SSSR count). The molecule has 0 radical (unpaired) electrons. The SMILES string of the molecule is CN(C1CC1)C(CCS(C)=O)c1ccc(-c2ccc3ncnc(NCc4ccc(OCc5cccc(F)c5)c(Cl)c4)c3c2)o1. The number of hydrogen-bond donors (Lipinski definition) is 1. The van der Waals surface area contributed by atoms with Gasteiger partial charge in [-0.2, -0.15) is 0 Å². The minimum absolute atomic E-state index is 0.0890. The summed E-state index contributed by atoms with van der Waals surface area (Å²) in [4.78, 5) is 11.3. The van der Waals surface area contributed by atoms with Gasteiger partial charge in [-0.05, 0) is 92.0 Å². The predicted octanol–water partition coefficient (Wildman–Crippen LogP) is 7.78. The Balaban J connectivity index is 1.16. The van der Waals surface area contributed by atoms with Gasteiger partial charge in [0.2, 0.25) is 0 Å². The zero-order valence-corrected chi connectivity index (χ0v) is 26.2. The zero-order chi connectivity index (χ0) is 30.6. The van der Waals surface area contributed by atoms with Gasteiger partial charge in [-0.1, -0.05) is 29.8 Å². The molecule has 228 valence electrons. The highest BCUT2D eigenvalue weighted by molar-refractivity contribution is 7.84. The van der Waals surface area contributed by atoms with Crippen LogP contribution in [0.4, 0.5) is 10.2 Å². The number of fused-ring (bicyclic) bond motifs is 1. The molecule has 1 saturated carbocycles. The lowest BCUT2D eigenvalue weighted by atomic mass is 10.1. The van der Waals surface area contributed by atoms with Crippen LogP contribution in [0.25, 0.3) is 22.2 Å². The largest absolute Gasteiger partial charge is 0.487 e. The van der Waals surface area contributed by atoms with Crippen LogP contribution in [0.15, 0.2) is 83.5 Å². The summed E-state index contributed by atoms with van der Waals surface area (Å²) in [5.74, 6) is 3.22. The molecule has 44 heavy (non-hydrogen) atoms. The number of halogens is 2. The molecule has 10 heteroatoms. The van der Waals surface area contributed by atoms with E-state index in [-0.39, 0.29) is 18.5 Å². The molecule has 5 aromatic rings. The molecule has 1 N–H and O–H groups in total. The normalized spacial score (nSPS) is 14.6. The lowest BCUT2D eigenvalue weighted by Gasteiger charge is -2.26. The van der Waals surface area contributed by atoms with Crippen LogP contribution in [0.5, 0.6) is 5.75 Å². The lowest BCUT2D eigenvalue weighted by molar-refractivity contribution is 0.202. The van der Waals surface area contributed by atoms with Gasteiger partial charge in [0, 0.05) is 46.3 Å². The summed E-state index contributed by atoms with van der Waals surface area (Å²) in [6.45, 7) is 0.706. The minimum atomic E-state index is -0.859. The molecule has 0 bridgehead atoms. The number of furan rings is 1. The van der Waals surface area contributed by atoms with Gasteiger partial charge < -0.3 is 14.5 Å². The summed E-state index contributed by atoms with van der Waals surface area (Å²) in [7, 11) is 1.28. The lowest BCUT2D eigenvalue weighted by Crippen LogP contribution is -2.27. The Kier molecular flexibility index (Phi) is 9.25. The number of rotatable bonds is 13. The van der Waals surface area contributed by atoms with Crippen LogP contribution in [0, 0.1) is 5.82 Å². The van der Waals surface area contributed by atoms with E-state index < -0.39 is 10.8 Å². The van der Waals surface area contributed by atoms with E-state index in [0.29, 0.717) is 34.9 Å². The van der Waals surface area contributed by atoms with Crippen LogP contribution >= 0.6 is 11.6 Å². The van der Waals surface area contributed by atoms with Gasteiger partial charge in [-0.3, -0.25) is 9.11 Å². The molecule has 2 aromatic heterocycles. The Morgan fingerprint density at radius 2 is 1.95 bits per heavy atom. The van der Waals surface area contributed by atoms with Crippen LogP contribution in [0.1, 0.15) is 42.2 Å². The molecule has 1 fully saturated rings. The number of hydrogen-bond acceptors (Lipinski definition) is 7. The molecule has 0 saturated heterocycles. The Labute approximate surface area is 263 Å². The van der Waals surface area contributed by atoms with E-state index in [4.69, 9.17) is 20.8 Å². The second-order valence-corrected chi connectivity index (χ2v) is 13.1. The zero-order valence-electron chi connectivity index (χ0n) is 24.6. The van der Waals surface area contributed by atoms with Crippen LogP contribution in [-0.2, 0) is 24.0 Å². The number of anilines is 1. The molecular weight excluding hydrogens is 599 g/mol. The van der Waals surface area contributed by atoms with Crippen molar-refractivity contribution in [2.75, 3.05) is 24.4 Å². The van der Waals surface area contributed by atoms with Crippen molar-refractivity contribution in [1.82, 2.24) is 14.9 Å². The average Bonchev–Trinajstić information content (AvgIpc) is 3.76. The Morgan fingerprint density at radius 1 is 1.09 bits per heavy atom. The Hall–Kier alpha value is -3.79. The first-order valence-electron chi connectivity index (χ1n) is 14.6. The molecule has 2 unspecified atom stereocenters. The summed E-state index contributed by atoms with van der Waals surface area (Å²) >= 11 is 6.51. The molecule has 0 spiro atoms. The Bertz CT molecular complexity index is 1790. The summed E-state index contributed by atoms with van der Waals surface area (Å²) in [6, 6.07) is 22.6. The van der Waals surface area contributed by atoms with Gasteiger partial charge in [0.1, 0.15) is 41.8 Å². The van der Waals surface area contributed by atoms with Crippen molar-refractivity contribution in [2.24, 2.45) is 0 Å². The van der Waals surface area contributed by atoms with E-state index in [2.05, 4.69) is 27.2 Å². The van der Waals surface area contributed by atoms with Crippen LogP contribution in [0.2, 0.25) is 5.02 Å². The number of aromatic nitrogens is 2. The highest BCUT2D eigenvalue weighted by Gasteiger charge is 2.33. The topological polar surface area (TPSA) is 80.5 Å². The molecule has 1 aliphatic rings. The van der Waals surface area contributed by atoms with Crippen molar-refractivity contribution in [3.8, 4) is 17.1 Å². The number of ether oxygens (including phenoxy) is 1. The highest BCUT2D eigenvalue weighted by Crippen LogP contribution is 2.37. The number of benzene rings is 3. The molecular formula is C34H34ClFN4O3S. The van der Waals surface area contributed by atoms with Crippen molar-refractivity contribution in [1.29, 1.82) is 0 Å². The molecule has 0 amide bonds. The molecule has 2 heterocycles. The first-order chi connectivity index (χ1) is 21.3. The second-order valence-electron chi connectivity index (χ2n) is 11.2. The van der Waals surface area contributed by atoms with Gasteiger partial charge in [-0.25, -0.2) is 14.4 Å². The van der Waals surface area contributed by atoms with Gasteiger partial charge in [-0.15, -0.1) is 0 Å². The van der Waals surface area contributed by atoms with Crippen LogP contribution < -0.4 is 10.1 Å². The van der Waals surface area contributed by atoms with E-state index in [1.165, 1.54) is 25.0 Å². The molecule has 2 atom stereocenters. The quantitative estimate of drug-likeness (QED) is 0.142. The van der Waals surface area contributed by atoms with Crippen molar-refractivity contribution < 1.29 is 17.8 Å². The van der Waals surface area contributed by atoms with Crippen molar-refractivity contribution in [3.63, 3.8) is 0 Å². The third-order valence-electron chi connectivity index (χ3n) is 7.91. The monoisotopic (exact) mass is 632 g/mol. The van der Waals surface area contributed by atoms with E-state index in [9.17, 15) is 8.60 Å². The predicted molar refractivity (Wildman–Crippen MR) is 174 cm³/mol. The maximum Gasteiger partial charge on any atom is 0.138 e. The number of nitrogens with zero attached hydrogens (tertiary/aromatic N) is 3. The van der Waals surface area contributed by atoms with Gasteiger partial charge in [0.05, 0.1) is 16.6 Å². The number of nitrogens with one attached hydrogen (secondary N) is 1. The third-order valence-corrected chi connectivity index (χ3v) is 9.01. The maximum atomic E-state index is 13.5. The third kappa shape index (κ3) is 7.29. The standard InChI is InChI=1S/C34H34ClFN4O3S/c1-40(26-8-9-26)30(14-15-44(2)41)33-13-12-31(43-33)24-7-10-29-27(18-24)34(39-21-38-29)37-19-22-6-11-32(28(35)17-22)42-20-23-4-3-5-25(36)16-23/h3-7,10-13,16-18,21,26,30H,8-9,14-15,19-20H2,1-2H3,(H,37,38,39). The van der Waals surface area contributed by atoms with Crippen molar-refractivity contribution in [3.05, 3.63) is 107 Å². The molecule has 1 aliphatic carbocycles. The maximum absolute atomic E-state index is 13.5. The molecule has 3 aromatic carbocycles. The second kappa shape index (κ2) is 13.5. The smallest absolute Gasteiger partial charge is 0.138 e. The van der Waals surface area contributed by atoms with E-state index in [0.717, 1.165) is 45.5 Å². The van der Waals surface area contributed by atoms with E-state index in [1.54, 1.807) is 24.7 Å². The van der Waals surface area contributed by atoms with Gasteiger partial charge in [0.25, 0.3) is 0 Å². The Morgan fingerprint density at radius 3 is 2.73 bits per heavy atom. The van der Waals surface area contributed by atoms with Crippen molar-refractivity contribution >= 4 is 39.1 Å². The van der Waals surface area contributed by atoms with Crippen LogP contribution in [-0.4, -0.2) is 44.2 Å². The summed E-state index contributed by atoms with van der Waals surface area (Å²) in [6.07, 6.45) is 6.46. The van der Waals surface area contributed by atoms with Gasteiger partial charge >= 0.3 is 0 Å². The first kappa shape index (κ1) is 30.2. The van der Waals surface area contributed by atoms with E-state index in [1.807, 2.05) is 48.5 Å². The molecule has 0 aliphatic heterocycles. The van der Waals surface area contributed by atoms with Crippen LogP contribution in [0.3, 0.4) is 0 Å². The summed E-state index contributed by atoms with van der Waals surface area (Å²) < 4.78 is 37.6. The minimum Gasteiger partial charge on any atom is -0.487 e. The average molecular weight is 633 g/mol. The fraction of sp³-hybridized carbons (Fsp3) is 0.294.